The number of rotatable bonds is 3. The molecule has 1 aromatic carbocycles. The zero-order chi connectivity index (χ0) is 12.1. The van der Waals surface area contributed by atoms with Gasteiger partial charge in [-0.3, -0.25) is 0 Å². The van der Waals surface area contributed by atoms with Gasteiger partial charge in [-0.15, -0.1) is 0 Å². The molecule has 0 bridgehead atoms. The first kappa shape index (κ1) is 13.0. The van der Waals surface area contributed by atoms with E-state index < -0.39 is 0 Å². The molecule has 0 radical (unpaired) electrons. The Morgan fingerprint density at radius 2 is 1.88 bits per heavy atom. The molecule has 1 aliphatic rings. The molecule has 1 saturated carbocycles. The quantitative estimate of drug-likeness (QED) is 0.816. The summed E-state index contributed by atoms with van der Waals surface area (Å²) in [6, 6.07) is 5.69. The molecule has 0 heterocycles. The minimum absolute atomic E-state index is 0.116. The van der Waals surface area contributed by atoms with Gasteiger partial charge in [0.1, 0.15) is 5.82 Å². The van der Waals surface area contributed by atoms with Gasteiger partial charge in [-0.2, -0.15) is 0 Å². The third-order valence-electron chi connectivity index (χ3n) is 3.44. The van der Waals surface area contributed by atoms with Crippen molar-refractivity contribution in [1.29, 1.82) is 0 Å². The summed E-state index contributed by atoms with van der Waals surface area (Å²) in [5.74, 6) is -0.116. The molecule has 2 rings (SSSR count). The first-order chi connectivity index (χ1) is 8.25. The zero-order valence-corrected chi connectivity index (χ0v) is 11.6. The van der Waals surface area contributed by atoms with Crippen LogP contribution in [0.5, 0.6) is 0 Å². The fourth-order valence-corrected chi connectivity index (χ4v) is 2.83. The maximum Gasteiger partial charge on any atom is 0.127 e. The Kier molecular flexibility index (Phi) is 4.99. The van der Waals surface area contributed by atoms with E-state index in [4.69, 9.17) is 0 Å². The van der Waals surface area contributed by atoms with Crippen LogP contribution in [-0.2, 0) is 6.54 Å². The van der Waals surface area contributed by atoms with Crippen LogP contribution in [0, 0.1) is 5.82 Å². The summed E-state index contributed by atoms with van der Waals surface area (Å²) in [5.41, 5.74) is 0.753. The van der Waals surface area contributed by atoms with Crippen molar-refractivity contribution in [1.82, 2.24) is 5.32 Å². The molecule has 1 aromatic rings. The van der Waals surface area contributed by atoms with Crippen molar-refractivity contribution in [3.05, 3.63) is 34.1 Å². The first-order valence-corrected chi connectivity index (χ1v) is 7.22. The van der Waals surface area contributed by atoms with Crippen LogP contribution in [0.1, 0.15) is 44.1 Å². The van der Waals surface area contributed by atoms with E-state index in [1.807, 2.05) is 6.07 Å². The Hall–Kier alpha value is -0.410. The fourth-order valence-electron chi connectivity index (χ4n) is 2.42. The largest absolute Gasteiger partial charge is 0.310 e. The van der Waals surface area contributed by atoms with Gasteiger partial charge in [0.25, 0.3) is 0 Å². The molecule has 3 heteroatoms. The Bertz CT molecular complexity index is 359. The molecule has 0 spiro atoms. The van der Waals surface area contributed by atoms with Crippen molar-refractivity contribution in [3.8, 4) is 0 Å². The van der Waals surface area contributed by atoms with E-state index in [9.17, 15) is 4.39 Å². The van der Waals surface area contributed by atoms with E-state index >= 15 is 0 Å². The predicted octanol–water partition coefficient (Wildman–Crippen LogP) is 4.40. The molecule has 17 heavy (non-hydrogen) atoms. The van der Waals surface area contributed by atoms with Gasteiger partial charge in [-0.25, -0.2) is 4.39 Å². The van der Waals surface area contributed by atoms with E-state index in [0.29, 0.717) is 12.6 Å². The van der Waals surface area contributed by atoms with Crippen LogP contribution >= 0.6 is 15.9 Å². The van der Waals surface area contributed by atoms with Gasteiger partial charge in [-0.05, 0) is 31.0 Å². The van der Waals surface area contributed by atoms with Crippen molar-refractivity contribution >= 4 is 15.9 Å². The van der Waals surface area contributed by atoms with Gasteiger partial charge < -0.3 is 5.32 Å². The molecule has 1 aliphatic carbocycles. The average molecular weight is 300 g/mol. The SMILES string of the molecule is Fc1ccc(Br)cc1CNC1CCCCCC1. The summed E-state index contributed by atoms with van der Waals surface area (Å²) in [5, 5.41) is 3.49. The van der Waals surface area contributed by atoms with Crippen molar-refractivity contribution in [2.75, 3.05) is 0 Å². The maximum absolute atomic E-state index is 13.5. The van der Waals surface area contributed by atoms with E-state index in [1.165, 1.54) is 44.6 Å². The second kappa shape index (κ2) is 6.50. The number of halogens is 2. The van der Waals surface area contributed by atoms with Gasteiger partial charge in [0.2, 0.25) is 0 Å². The van der Waals surface area contributed by atoms with Crippen LogP contribution in [0.2, 0.25) is 0 Å². The van der Waals surface area contributed by atoms with Crippen molar-refractivity contribution in [2.24, 2.45) is 0 Å². The van der Waals surface area contributed by atoms with Gasteiger partial charge in [0.15, 0.2) is 0 Å². The van der Waals surface area contributed by atoms with Gasteiger partial charge in [0, 0.05) is 22.6 Å². The Labute approximate surface area is 111 Å². The normalized spacial score (nSPS) is 18.0. The van der Waals surface area contributed by atoms with E-state index in [1.54, 1.807) is 6.07 Å². The second-order valence-corrected chi connectivity index (χ2v) is 5.72. The van der Waals surface area contributed by atoms with Gasteiger partial charge in [0.05, 0.1) is 0 Å². The molecule has 94 valence electrons. The number of benzene rings is 1. The monoisotopic (exact) mass is 299 g/mol. The van der Waals surface area contributed by atoms with E-state index in [-0.39, 0.29) is 5.82 Å². The third-order valence-corrected chi connectivity index (χ3v) is 3.94. The van der Waals surface area contributed by atoms with E-state index in [0.717, 1.165) is 10.0 Å². The Morgan fingerprint density at radius 3 is 2.59 bits per heavy atom. The summed E-state index contributed by atoms with van der Waals surface area (Å²) in [6.07, 6.45) is 7.77. The Morgan fingerprint density at radius 1 is 1.18 bits per heavy atom. The smallest absolute Gasteiger partial charge is 0.127 e. The minimum atomic E-state index is -0.116. The molecule has 0 atom stereocenters. The van der Waals surface area contributed by atoms with Crippen LogP contribution in [0.3, 0.4) is 0 Å². The van der Waals surface area contributed by atoms with Crippen molar-refractivity contribution in [2.45, 2.75) is 51.1 Å². The lowest BCUT2D eigenvalue weighted by Gasteiger charge is -2.16. The lowest BCUT2D eigenvalue weighted by atomic mass is 10.1. The summed E-state index contributed by atoms with van der Waals surface area (Å²) in [7, 11) is 0. The molecule has 1 fully saturated rings. The molecule has 0 saturated heterocycles. The van der Waals surface area contributed by atoms with Crippen molar-refractivity contribution < 1.29 is 4.39 Å². The molecule has 1 nitrogen and oxygen atoms in total. The third kappa shape index (κ3) is 4.07. The summed E-state index contributed by atoms with van der Waals surface area (Å²) >= 11 is 3.38. The van der Waals surface area contributed by atoms with Crippen LogP contribution < -0.4 is 5.32 Å². The van der Waals surface area contributed by atoms with Crippen molar-refractivity contribution in [3.63, 3.8) is 0 Å². The second-order valence-electron chi connectivity index (χ2n) is 4.81. The number of nitrogens with one attached hydrogen (secondary N) is 1. The summed E-state index contributed by atoms with van der Waals surface area (Å²) < 4.78 is 14.5. The van der Waals surface area contributed by atoms with Crippen LogP contribution in [-0.4, -0.2) is 6.04 Å². The average Bonchev–Trinajstić information content (AvgIpc) is 2.59. The van der Waals surface area contributed by atoms with Gasteiger partial charge in [-0.1, -0.05) is 41.6 Å². The lowest BCUT2D eigenvalue weighted by molar-refractivity contribution is 0.452. The minimum Gasteiger partial charge on any atom is -0.310 e. The maximum atomic E-state index is 13.5. The van der Waals surface area contributed by atoms with Crippen LogP contribution in [0.25, 0.3) is 0 Å². The molecule has 0 unspecified atom stereocenters. The summed E-state index contributed by atoms with van der Waals surface area (Å²) in [4.78, 5) is 0. The highest BCUT2D eigenvalue weighted by molar-refractivity contribution is 9.10. The van der Waals surface area contributed by atoms with Gasteiger partial charge >= 0.3 is 0 Å². The molecule has 0 amide bonds. The highest BCUT2D eigenvalue weighted by atomic mass is 79.9. The van der Waals surface area contributed by atoms with E-state index in [2.05, 4.69) is 21.2 Å². The number of hydrogen-bond acceptors (Lipinski definition) is 1. The molecule has 0 aromatic heterocycles. The standard InChI is InChI=1S/C14H19BrFN/c15-12-7-8-14(16)11(9-12)10-17-13-5-3-1-2-4-6-13/h7-9,13,17H,1-6,10H2. The highest BCUT2D eigenvalue weighted by Crippen LogP contribution is 2.19. The topological polar surface area (TPSA) is 12.0 Å². The number of hydrogen-bond donors (Lipinski definition) is 1. The first-order valence-electron chi connectivity index (χ1n) is 6.43. The molecular weight excluding hydrogens is 281 g/mol. The predicted molar refractivity (Wildman–Crippen MR) is 72.4 cm³/mol. The summed E-state index contributed by atoms with van der Waals surface area (Å²) in [6.45, 7) is 0.635. The molecular formula is C14H19BrFN. The lowest BCUT2D eigenvalue weighted by Crippen LogP contribution is -2.28. The van der Waals surface area contributed by atoms with Crippen LogP contribution in [0.15, 0.2) is 22.7 Å². The Balaban J connectivity index is 1.89. The zero-order valence-electron chi connectivity index (χ0n) is 10.0. The van der Waals surface area contributed by atoms with Crippen LogP contribution in [0.4, 0.5) is 4.39 Å². The fraction of sp³-hybridized carbons (Fsp3) is 0.571. The molecule has 0 aliphatic heterocycles. The molecule has 1 N–H and O–H groups in total. The highest BCUT2D eigenvalue weighted by Gasteiger charge is 2.12.